The number of nitrogen functional groups attached to an aromatic ring is 1. The summed E-state index contributed by atoms with van der Waals surface area (Å²) in [6, 6.07) is 21.4. The molecule has 2 aromatic heterocycles. The molecule has 0 fully saturated rings. The maximum absolute atomic E-state index is 13.7. The minimum Gasteiger partial charge on any atom is -0.383 e. The number of amidine groups is 1. The van der Waals surface area contributed by atoms with Crippen molar-refractivity contribution in [1.29, 1.82) is 5.41 Å². The second kappa shape index (κ2) is 11.8. The number of hydrogen-bond donors (Lipinski definition) is 5. The van der Waals surface area contributed by atoms with Gasteiger partial charge in [0.05, 0.1) is 24.6 Å². The van der Waals surface area contributed by atoms with Crippen molar-refractivity contribution in [3.8, 4) is 11.1 Å². The fourth-order valence-corrected chi connectivity index (χ4v) is 8.64. The number of amides is 2. The standard InChI is InChI=1S/C30H29N5O3S3/c1-18-7-5-12-24(35-30(36)33-14-13-20-17-34-23-11-4-3-10-22(20)23)27(18)19-8-6-9-21(15-19)41(37,38)26-16-25(28(31)32)40-29(26)39-2/h3-12,15-17,34H,13-14H2,1-2H3,(H3,31,32)(H2,33,35,36). The van der Waals surface area contributed by atoms with Crippen LogP contribution in [0.5, 0.6) is 0 Å². The van der Waals surface area contributed by atoms with E-state index in [1.165, 1.54) is 29.2 Å². The number of rotatable bonds is 9. The predicted octanol–water partition coefficient (Wildman–Crippen LogP) is 6.41. The quantitative estimate of drug-likeness (QED) is 0.0752. The number of carbonyl (C=O) groups excluding carboxylic acids is 1. The molecule has 0 unspecified atom stereocenters. The van der Waals surface area contributed by atoms with Gasteiger partial charge in [-0.2, -0.15) is 0 Å². The molecule has 0 aliphatic heterocycles. The second-order valence-electron chi connectivity index (χ2n) is 9.40. The normalized spacial score (nSPS) is 11.5. The van der Waals surface area contributed by atoms with E-state index >= 15 is 0 Å². The van der Waals surface area contributed by atoms with Crippen LogP contribution >= 0.6 is 23.1 Å². The SMILES string of the molecule is CSc1sc(C(=N)N)cc1S(=O)(=O)c1cccc(-c2c(C)cccc2NC(=O)NCCc2c[nH]c3ccccc23)c1. The summed E-state index contributed by atoms with van der Waals surface area (Å²) in [5.41, 5.74) is 10.7. The number of thiophene rings is 1. The molecule has 41 heavy (non-hydrogen) atoms. The molecule has 2 amide bonds. The van der Waals surface area contributed by atoms with Gasteiger partial charge in [0.15, 0.2) is 0 Å². The van der Waals surface area contributed by atoms with Gasteiger partial charge in [-0.15, -0.1) is 23.1 Å². The number of para-hydroxylation sites is 1. The first-order chi connectivity index (χ1) is 19.7. The average Bonchev–Trinajstić information content (AvgIpc) is 3.59. The van der Waals surface area contributed by atoms with Gasteiger partial charge in [0.2, 0.25) is 9.84 Å². The van der Waals surface area contributed by atoms with Crippen LogP contribution in [-0.2, 0) is 16.3 Å². The van der Waals surface area contributed by atoms with Crippen molar-refractivity contribution in [3.05, 3.63) is 95.0 Å². The van der Waals surface area contributed by atoms with Gasteiger partial charge in [-0.1, -0.05) is 42.5 Å². The average molecular weight is 604 g/mol. The number of aryl methyl sites for hydroxylation is 1. The number of thioether (sulfide) groups is 1. The Morgan fingerprint density at radius 1 is 1.07 bits per heavy atom. The van der Waals surface area contributed by atoms with E-state index in [2.05, 4.69) is 21.7 Å². The first-order valence-corrected chi connectivity index (χ1v) is 16.3. The number of aromatic amines is 1. The highest BCUT2D eigenvalue weighted by Gasteiger charge is 2.25. The smallest absolute Gasteiger partial charge is 0.319 e. The van der Waals surface area contributed by atoms with Crippen molar-refractivity contribution in [3.63, 3.8) is 0 Å². The highest BCUT2D eigenvalue weighted by Crippen LogP contribution is 2.39. The number of nitrogens with one attached hydrogen (secondary N) is 4. The molecule has 0 aliphatic carbocycles. The number of anilines is 1. The van der Waals surface area contributed by atoms with E-state index < -0.39 is 9.84 Å². The molecule has 210 valence electrons. The third kappa shape index (κ3) is 5.88. The van der Waals surface area contributed by atoms with Gasteiger partial charge in [-0.3, -0.25) is 5.41 Å². The number of sulfone groups is 1. The number of urea groups is 1. The molecule has 0 saturated heterocycles. The fraction of sp³-hybridized carbons (Fsp3) is 0.133. The van der Waals surface area contributed by atoms with Crippen molar-refractivity contribution in [2.75, 3.05) is 18.1 Å². The van der Waals surface area contributed by atoms with Crippen LogP contribution in [0.15, 0.2) is 93.0 Å². The second-order valence-corrected chi connectivity index (χ2v) is 13.4. The van der Waals surface area contributed by atoms with Crippen LogP contribution in [0.2, 0.25) is 0 Å². The monoisotopic (exact) mass is 603 g/mol. The van der Waals surface area contributed by atoms with Gasteiger partial charge < -0.3 is 21.4 Å². The summed E-state index contributed by atoms with van der Waals surface area (Å²) in [6.45, 7) is 2.36. The lowest BCUT2D eigenvalue weighted by Crippen LogP contribution is -2.30. The Labute approximate surface area is 246 Å². The van der Waals surface area contributed by atoms with Crippen LogP contribution in [-0.4, -0.2) is 38.1 Å². The molecule has 11 heteroatoms. The van der Waals surface area contributed by atoms with Crippen LogP contribution in [0.25, 0.3) is 22.0 Å². The molecule has 3 aromatic carbocycles. The predicted molar refractivity (Wildman–Crippen MR) is 168 cm³/mol. The third-order valence-corrected chi connectivity index (χ3v) is 11.1. The molecular formula is C30H29N5O3S3. The first-order valence-electron chi connectivity index (χ1n) is 12.8. The summed E-state index contributed by atoms with van der Waals surface area (Å²) in [7, 11) is -3.89. The summed E-state index contributed by atoms with van der Waals surface area (Å²) in [5.74, 6) is -0.171. The number of hydrogen-bond acceptors (Lipinski definition) is 6. The number of H-pyrrole nitrogens is 1. The van der Waals surface area contributed by atoms with E-state index in [1.807, 2.05) is 49.5 Å². The van der Waals surface area contributed by atoms with Gasteiger partial charge in [0.25, 0.3) is 0 Å². The van der Waals surface area contributed by atoms with Crippen molar-refractivity contribution in [1.82, 2.24) is 10.3 Å². The maximum atomic E-state index is 13.7. The summed E-state index contributed by atoms with van der Waals surface area (Å²) in [6.07, 6.45) is 4.43. The van der Waals surface area contributed by atoms with Crippen LogP contribution in [0.3, 0.4) is 0 Å². The molecule has 0 saturated carbocycles. The van der Waals surface area contributed by atoms with Crippen molar-refractivity contribution < 1.29 is 13.2 Å². The lowest BCUT2D eigenvalue weighted by atomic mass is 9.98. The number of fused-ring (bicyclic) bond motifs is 1. The van der Waals surface area contributed by atoms with Gasteiger partial charge in [0, 0.05) is 29.2 Å². The zero-order valence-electron chi connectivity index (χ0n) is 22.4. The molecule has 6 N–H and O–H groups in total. The third-order valence-electron chi connectivity index (χ3n) is 6.72. The van der Waals surface area contributed by atoms with Crippen molar-refractivity contribution in [2.45, 2.75) is 27.3 Å². The summed E-state index contributed by atoms with van der Waals surface area (Å²) in [4.78, 5) is 16.8. The van der Waals surface area contributed by atoms with Crippen LogP contribution in [0.1, 0.15) is 16.0 Å². The number of benzene rings is 3. The van der Waals surface area contributed by atoms with E-state index in [0.717, 1.165) is 27.6 Å². The minimum absolute atomic E-state index is 0.121. The molecule has 0 aliphatic rings. The summed E-state index contributed by atoms with van der Waals surface area (Å²) in [5, 5.41) is 14.7. The lowest BCUT2D eigenvalue weighted by Gasteiger charge is -2.16. The molecular weight excluding hydrogens is 575 g/mol. The Balaban J connectivity index is 1.37. The van der Waals surface area contributed by atoms with Gasteiger partial charge >= 0.3 is 6.03 Å². The number of nitrogens with two attached hydrogens (primary N) is 1. The summed E-state index contributed by atoms with van der Waals surface area (Å²) < 4.78 is 27.9. The molecule has 0 atom stereocenters. The zero-order chi connectivity index (χ0) is 29.1. The van der Waals surface area contributed by atoms with E-state index in [-0.39, 0.29) is 21.7 Å². The Morgan fingerprint density at radius 3 is 2.63 bits per heavy atom. The van der Waals surface area contributed by atoms with E-state index in [4.69, 9.17) is 11.1 Å². The van der Waals surface area contributed by atoms with Crippen LogP contribution in [0, 0.1) is 12.3 Å². The highest BCUT2D eigenvalue weighted by atomic mass is 32.2. The molecule has 8 nitrogen and oxygen atoms in total. The van der Waals surface area contributed by atoms with Gasteiger partial charge in [-0.05, 0) is 66.6 Å². The first kappa shape index (κ1) is 28.5. The minimum atomic E-state index is -3.89. The molecule has 0 bridgehead atoms. The molecule has 0 spiro atoms. The van der Waals surface area contributed by atoms with E-state index in [9.17, 15) is 13.2 Å². The van der Waals surface area contributed by atoms with Crippen LogP contribution in [0.4, 0.5) is 10.5 Å². The highest BCUT2D eigenvalue weighted by molar-refractivity contribution is 8.01. The topological polar surface area (TPSA) is 141 Å². The Bertz CT molecular complexity index is 1880. The Kier molecular flexibility index (Phi) is 8.20. The Hall–Kier alpha value is -4.06. The Morgan fingerprint density at radius 2 is 1.85 bits per heavy atom. The molecule has 5 aromatic rings. The van der Waals surface area contributed by atoms with E-state index in [1.54, 1.807) is 30.5 Å². The molecule has 2 heterocycles. The van der Waals surface area contributed by atoms with Crippen LogP contribution < -0.4 is 16.4 Å². The van der Waals surface area contributed by atoms with Gasteiger partial charge in [0.1, 0.15) is 5.84 Å². The van der Waals surface area contributed by atoms with Gasteiger partial charge in [-0.25, -0.2) is 13.2 Å². The number of carbonyl (C=O) groups is 1. The molecule has 5 rings (SSSR count). The van der Waals surface area contributed by atoms with Crippen molar-refractivity contribution >= 4 is 61.4 Å². The maximum Gasteiger partial charge on any atom is 0.319 e. The molecule has 0 radical (unpaired) electrons. The fourth-order valence-electron chi connectivity index (χ4n) is 4.74. The summed E-state index contributed by atoms with van der Waals surface area (Å²) >= 11 is 2.49. The van der Waals surface area contributed by atoms with Crippen molar-refractivity contribution in [2.24, 2.45) is 5.73 Å². The number of aromatic nitrogens is 1. The van der Waals surface area contributed by atoms with E-state index in [0.29, 0.717) is 33.3 Å². The zero-order valence-corrected chi connectivity index (χ0v) is 24.9. The lowest BCUT2D eigenvalue weighted by molar-refractivity contribution is 0.252. The largest absolute Gasteiger partial charge is 0.383 e.